The topological polar surface area (TPSA) is 128 Å². The summed E-state index contributed by atoms with van der Waals surface area (Å²) in [5.74, 6) is -1.95. The van der Waals surface area contributed by atoms with E-state index in [1.54, 1.807) is 20.8 Å². The van der Waals surface area contributed by atoms with Gasteiger partial charge in [0.05, 0.1) is 26.6 Å². The van der Waals surface area contributed by atoms with Crippen LogP contribution in [0.2, 0.25) is 0 Å². The zero-order chi connectivity index (χ0) is 21.5. The van der Waals surface area contributed by atoms with E-state index >= 15 is 0 Å². The van der Waals surface area contributed by atoms with Gasteiger partial charge in [0.25, 0.3) is 0 Å². The highest BCUT2D eigenvalue weighted by Crippen LogP contribution is 2.23. The highest BCUT2D eigenvalue weighted by atomic mass is 16.6. The van der Waals surface area contributed by atoms with Crippen LogP contribution in [0.5, 0.6) is 0 Å². The zero-order valence-electron chi connectivity index (χ0n) is 16.9. The Balaban J connectivity index is 2.71. The fraction of sp³-hybridized carbons (Fsp3) is 0.722. The van der Waals surface area contributed by atoms with Gasteiger partial charge in [0.1, 0.15) is 17.7 Å². The molecule has 0 aliphatic carbocycles. The Kier molecular flexibility index (Phi) is 8.39. The molecule has 1 aliphatic rings. The van der Waals surface area contributed by atoms with Crippen LogP contribution in [0.25, 0.3) is 0 Å². The minimum atomic E-state index is -0.937. The number of nitrogens with zero attached hydrogens (tertiary/aromatic N) is 1. The van der Waals surface area contributed by atoms with E-state index in [1.165, 1.54) is 18.9 Å². The fourth-order valence-electron chi connectivity index (χ4n) is 2.62. The van der Waals surface area contributed by atoms with Gasteiger partial charge in [-0.3, -0.25) is 24.1 Å². The molecule has 1 fully saturated rings. The molecule has 10 nitrogen and oxygen atoms in total. The lowest BCUT2D eigenvalue weighted by Gasteiger charge is -2.27. The van der Waals surface area contributed by atoms with Crippen molar-refractivity contribution in [3.8, 4) is 0 Å². The molecule has 1 saturated heterocycles. The van der Waals surface area contributed by atoms with Gasteiger partial charge in [-0.1, -0.05) is 0 Å². The number of ether oxygens (including phenoxy) is 3. The first-order valence-electron chi connectivity index (χ1n) is 8.96. The van der Waals surface area contributed by atoms with E-state index in [0.717, 1.165) is 0 Å². The number of carbonyl (C=O) groups is 5. The van der Waals surface area contributed by atoms with Crippen molar-refractivity contribution in [2.24, 2.45) is 0 Å². The number of methoxy groups -OCH3 is 1. The third-order valence-corrected chi connectivity index (χ3v) is 3.82. The number of hydrogen-bond acceptors (Lipinski definition) is 8. The van der Waals surface area contributed by atoms with Gasteiger partial charge in [-0.15, -0.1) is 0 Å². The number of esters is 2. The molecule has 0 aromatic heterocycles. The third-order valence-electron chi connectivity index (χ3n) is 3.82. The van der Waals surface area contributed by atoms with Gasteiger partial charge in [0.15, 0.2) is 5.78 Å². The van der Waals surface area contributed by atoms with E-state index in [2.05, 4.69) is 10.1 Å². The summed E-state index contributed by atoms with van der Waals surface area (Å²) in [6.07, 6.45) is -1.40. The smallest absolute Gasteiger partial charge is 0.411 e. The second-order valence-electron chi connectivity index (χ2n) is 7.45. The van der Waals surface area contributed by atoms with Crippen molar-refractivity contribution in [2.45, 2.75) is 64.7 Å². The molecule has 1 N–H and O–H groups in total. The number of likely N-dealkylation sites (tertiary alicyclic amines) is 1. The average molecular weight is 400 g/mol. The Bertz CT molecular complexity index is 626. The highest BCUT2D eigenvalue weighted by molar-refractivity contribution is 5.91. The van der Waals surface area contributed by atoms with E-state index in [1.807, 2.05) is 0 Å². The van der Waals surface area contributed by atoms with Crippen molar-refractivity contribution in [1.82, 2.24) is 10.2 Å². The van der Waals surface area contributed by atoms with Crippen LogP contribution in [0.3, 0.4) is 0 Å². The lowest BCUT2D eigenvalue weighted by Crippen LogP contribution is -2.48. The van der Waals surface area contributed by atoms with E-state index < -0.39 is 41.7 Å². The van der Waals surface area contributed by atoms with Crippen molar-refractivity contribution in [1.29, 1.82) is 0 Å². The average Bonchev–Trinajstić information content (AvgIpc) is 2.99. The molecule has 158 valence electrons. The first kappa shape index (κ1) is 23.4. The van der Waals surface area contributed by atoms with E-state index in [-0.39, 0.29) is 38.1 Å². The van der Waals surface area contributed by atoms with Crippen LogP contribution in [0.1, 0.15) is 47.0 Å². The maximum Gasteiger partial charge on any atom is 0.411 e. The number of carbonyl (C=O) groups excluding carboxylic acids is 5. The molecule has 0 saturated carbocycles. The minimum Gasteiger partial charge on any atom is -0.469 e. The van der Waals surface area contributed by atoms with Crippen molar-refractivity contribution in [3.05, 3.63) is 0 Å². The molecule has 2 atom stereocenters. The zero-order valence-corrected chi connectivity index (χ0v) is 16.9. The molecular formula is C18H28N2O8. The summed E-state index contributed by atoms with van der Waals surface area (Å²) < 4.78 is 14.9. The molecule has 0 spiro atoms. The first-order chi connectivity index (χ1) is 12.9. The number of rotatable bonds is 7. The lowest BCUT2D eigenvalue weighted by atomic mass is 10.1. The SMILES string of the molecule is COC(=O)CCC(=O)CNC(=O)[C@@H]1C[C@@H](OC(C)=O)CN1C(=O)OC(C)(C)C. The van der Waals surface area contributed by atoms with Gasteiger partial charge in [-0.05, 0) is 20.8 Å². The van der Waals surface area contributed by atoms with Gasteiger partial charge in [0, 0.05) is 19.8 Å². The number of amides is 2. The van der Waals surface area contributed by atoms with Crippen LogP contribution in [0.4, 0.5) is 4.79 Å². The Labute approximate surface area is 163 Å². The van der Waals surface area contributed by atoms with Crippen LogP contribution >= 0.6 is 0 Å². The molecule has 1 rings (SSSR count). The van der Waals surface area contributed by atoms with Gasteiger partial charge in [-0.25, -0.2) is 4.79 Å². The molecule has 0 bridgehead atoms. The maximum absolute atomic E-state index is 12.5. The molecule has 0 radical (unpaired) electrons. The Morgan fingerprint density at radius 3 is 2.29 bits per heavy atom. The van der Waals surface area contributed by atoms with Crippen LogP contribution in [0.15, 0.2) is 0 Å². The highest BCUT2D eigenvalue weighted by Gasteiger charge is 2.42. The van der Waals surface area contributed by atoms with Crippen LogP contribution in [-0.4, -0.2) is 72.6 Å². The van der Waals surface area contributed by atoms with E-state index in [4.69, 9.17) is 9.47 Å². The second kappa shape index (κ2) is 10.0. The summed E-state index contributed by atoms with van der Waals surface area (Å²) in [5.41, 5.74) is -0.762. The predicted octanol–water partition coefficient (Wildman–Crippen LogP) is 0.566. The Hall–Kier alpha value is -2.65. The molecular weight excluding hydrogens is 372 g/mol. The summed E-state index contributed by atoms with van der Waals surface area (Å²) >= 11 is 0. The first-order valence-corrected chi connectivity index (χ1v) is 8.96. The van der Waals surface area contributed by atoms with Crippen molar-refractivity contribution >= 4 is 29.7 Å². The number of hydrogen-bond donors (Lipinski definition) is 1. The summed E-state index contributed by atoms with van der Waals surface area (Å²) in [6.45, 7) is 6.06. The summed E-state index contributed by atoms with van der Waals surface area (Å²) in [7, 11) is 1.22. The summed E-state index contributed by atoms with van der Waals surface area (Å²) in [4.78, 5) is 60.2. The standard InChI is InChI=1S/C18H28N2O8/c1-11(21)27-13-8-14(20(10-13)17(25)28-18(2,3)4)16(24)19-9-12(22)6-7-15(23)26-5/h13-14H,6-10H2,1-5H3,(H,19,24)/t13-,14+/m1/s1. The van der Waals surface area contributed by atoms with E-state index in [9.17, 15) is 24.0 Å². The monoisotopic (exact) mass is 400 g/mol. The van der Waals surface area contributed by atoms with Crippen molar-refractivity contribution in [2.75, 3.05) is 20.2 Å². The third kappa shape index (κ3) is 7.93. The molecule has 1 heterocycles. The van der Waals surface area contributed by atoms with Crippen LogP contribution in [0, 0.1) is 0 Å². The molecule has 10 heteroatoms. The molecule has 28 heavy (non-hydrogen) atoms. The van der Waals surface area contributed by atoms with Gasteiger partial charge >= 0.3 is 18.0 Å². The normalized spacial score (nSPS) is 19.0. The Morgan fingerprint density at radius 1 is 1.11 bits per heavy atom. The molecule has 2 amide bonds. The number of nitrogens with one attached hydrogen (secondary N) is 1. The van der Waals surface area contributed by atoms with Crippen LogP contribution < -0.4 is 5.32 Å². The van der Waals surface area contributed by atoms with Gasteiger partial charge < -0.3 is 19.5 Å². The minimum absolute atomic E-state index is 0.0167. The summed E-state index contributed by atoms with van der Waals surface area (Å²) in [6, 6.07) is -0.937. The maximum atomic E-state index is 12.5. The lowest BCUT2D eigenvalue weighted by molar-refractivity contribution is -0.146. The Morgan fingerprint density at radius 2 is 1.75 bits per heavy atom. The number of ketones is 1. The van der Waals surface area contributed by atoms with Crippen LogP contribution in [-0.2, 0) is 33.4 Å². The quantitative estimate of drug-likeness (QED) is 0.485. The fourth-order valence-corrected chi connectivity index (χ4v) is 2.62. The van der Waals surface area contributed by atoms with Crippen molar-refractivity contribution in [3.63, 3.8) is 0 Å². The van der Waals surface area contributed by atoms with Gasteiger partial charge in [0.2, 0.25) is 5.91 Å². The predicted molar refractivity (Wildman–Crippen MR) is 96.2 cm³/mol. The van der Waals surface area contributed by atoms with E-state index in [0.29, 0.717) is 0 Å². The molecule has 0 unspecified atom stereocenters. The van der Waals surface area contributed by atoms with Gasteiger partial charge in [-0.2, -0.15) is 0 Å². The second-order valence-corrected chi connectivity index (χ2v) is 7.45. The molecule has 0 aromatic carbocycles. The summed E-state index contributed by atoms with van der Waals surface area (Å²) in [5, 5.41) is 2.46. The molecule has 0 aromatic rings. The molecule has 1 aliphatic heterocycles. The van der Waals surface area contributed by atoms with Crippen molar-refractivity contribution < 1.29 is 38.2 Å². The number of Topliss-reactive ketones (excluding diaryl/α,β-unsaturated/α-hetero) is 1. The largest absolute Gasteiger partial charge is 0.469 e.